The van der Waals surface area contributed by atoms with Gasteiger partial charge in [-0.2, -0.15) is 5.26 Å². The Bertz CT molecular complexity index is 821. The van der Waals surface area contributed by atoms with Gasteiger partial charge in [-0.25, -0.2) is 4.79 Å². The third kappa shape index (κ3) is 4.02. The Kier molecular flexibility index (Phi) is 6.32. The number of carbonyl (C=O) groups excluding carboxylic acids is 1. The van der Waals surface area contributed by atoms with E-state index in [0.717, 1.165) is 0 Å². The Hall–Kier alpha value is -2.46. The smallest absolute Gasteiger partial charge is 0.338 e. The van der Waals surface area contributed by atoms with Crippen LogP contribution in [0.4, 0.5) is 0 Å². The zero-order valence-corrected chi connectivity index (χ0v) is 16.7. The lowest BCUT2D eigenvalue weighted by Crippen LogP contribution is -2.25. The van der Waals surface area contributed by atoms with Gasteiger partial charge in [0.1, 0.15) is 23.2 Å². The van der Waals surface area contributed by atoms with E-state index in [1.54, 1.807) is 26.0 Å². The number of carbonyl (C=O) groups is 1. The Morgan fingerprint density at radius 2 is 2.15 bits per heavy atom. The number of hydrogen-bond donors (Lipinski definition) is 1. The van der Waals surface area contributed by atoms with E-state index in [2.05, 4.69) is 22.0 Å². The number of allylic oxidation sites excluding steroid dienone is 2. The molecule has 26 heavy (non-hydrogen) atoms. The van der Waals surface area contributed by atoms with Gasteiger partial charge in [0, 0.05) is 0 Å². The van der Waals surface area contributed by atoms with Crippen molar-refractivity contribution in [1.29, 1.82) is 5.26 Å². The van der Waals surface area contributed by atoms with Crippen LogP contribution in [0.2, 0.25) is 0 Å². The quantitative estimate of drug-likeness (QED) is 0.726. The van der Waals surface area contributed by atoms with Crippen LogP contribution in [0.3, 0.4) is 0 Å². The van der Waals surface area contributed by atoms with Crippen molar-refractivity contribution < 1.29 is 19.0 Å². The maximum Gasteiger partial charge on any atom is 0.338 e. The van der Waals surface area contributed by atoms with Gasteiger partial charge in [-0.3, -0.25) is 0 Å². The minimum Gasteiger partial charge on any atom is -0.490 e. The zero-order valence-electron chi connectivity index (χ0n) is 15.1. The van der Waals surface area contributed by atoms with E-state index in [9.17, 15) is 10.1 Å². The van der Waals surface area contributed by atoms with Gasteiger partial charge in [0.25, 0.3) is 0 Å². The van der Waals surface area contributed by atoms with Crippen molar-refractivity contribution in [3.63, 3.8) is 0 Å². The summed E-state index contributed by atoms with van der Waals surface area (Å²) in [5.74, 6) is -0.221. The minimum absolute atomic E-state index is 0.0123. The van der Waals surface area contributed by atoms with Gasteiger partial charge >= 0.3 is 5.97 Å². The van der Waals surface area contributed by atoms with E-state index in [1.165, 1.54) is 0 Å². The molecule has 0 spiro atoms. The number of benzene rings is 1. The number of hydrogen-bond acceptors (Lipinski definition) is 6. The number of esters is 1. The van der Waals surface area contributed by atoms with E-state index in [4.69, 9.17) is 19.9 Å². The van der Waals surface area contributed by atoms with Crippen LogP contribution in [-0.2, 0) is 14.3 Å². The average molecular weight is 421 g/mol. The van der Waals surface area contributed by atoms with E-state index in [1.807, 2.05) is 19.9 Å². The topological polar surface area (TPSA) is 94.6 Å². The molecule has 1 aromatic carbocycles. The average Bonchev–Trinajstić information content (AvgIpc) is 2.55. The van der Waals surface area contributed by atoms with Crippen LogP contribution in [0.5, 0.6) is 5.75 Å². The fourth-order valence-electron chi connectivity index (χ4n) is 2.73. The minimum atomic E-state index is -0.669. The second-order valence-corrected chi connectivity index (χ2v) is 6.83. The molecule has 0 aromatic heterocycles. The molecule has 1 atom stereocenters. The largest absolute Gasteiger partial charge is 0.490 e. The standard InChI is InChI=1S/C19H21BrN2O4/c1-5-24-19(23)16-11(4)26-18(22)13(9-21)17(16)12-6-7-15(14(20)8-12)25-10(2)3/h6-8,10,17H,5,22H2,1-4H3. The fraction of sp³-hybridized carbons (Fsp3) is 0.368. The first-order valence-electron chi connectivity index (χ1n) is 8.21. The second-order valence-electron chi connectivity index (χ2n) is 5.97. The van der Waals surface area contributed by atoms with Crippen LogP contribution in [-0.4, -0.2) is 18.7 Å². The highest BCUT2D eigenvalue weighted by Crippen LogP contribution is 2.41. The molecule has 0 bridgehead atoms. The maximum atomic E-state index is 12.5. The third-order valence-corrected chi connectivity index (χ3v) is 4.37. The van der Waals surface area contributed by atoms with Gasteiger partial charge in [-0.1, -0.05) is 6.07 Å². The Labute approximate surface area is 161 Å². The SMILES string of the molecule is CCOC(=O)C1=C(C)OC(N)=C(C#N)C1c1ccc(OC(C)C)c(Br)c1. The molecule has 1 heterocycles. The summed E-state index contributed by atoms with van der Waals surface area (Å²) in [7, 11) is 0. The van der Waals surface area contributed by atoms with Crippen molar-refractivity contribution in [2.75, 3.05) is 6.61 Å². The lowest BCUT2D eigenvalue weighted by molar-refractivity contribution is -0.139. The molecule has 1 aliphatic heterocycles. The predicted molar refractivity (Wildman–Crippen MR) is 99.9 cm³/mol. The van der Waals surface area contributed by atoms with Crippen LogP contribution >= 0.6 is 15.9 Å². The second kappa shape index (κ2) is 8.28. The van der Waals surface area contributed by atoms with Crippen molar-refractivity contribution in [2.45, 2.75) is 39.7 Å². The first kappa shape index (κ1) is 19.9. The predicted octanol–water partition coefficient (Wildman–Crippen LogP) is 3.88. The number of nitrogens with zero attached hydrogens (tertiary/aromatic N) is 1. The van der Waals surface area contributed by atoms with Gasteiger partial charge in [0.15, 0.2) is 0 Å². The van der Waals surface area contributed by atoms with Gasteiger partial charge in [-0.05, 0) is 61.3 Å². The van der Waals surface area contributed by atoms with Crippen LogP contribution < -0.4 is 10.5 Å². The van der Waals surface area contributed by atoms with Gasteiger partial charge in [-0.15, -0.1) is 0 Å². The number of nitriles is 1. The monoisotopic (exact) mass is 420 g/mol. The lowest BCUT2D eigenvalue weighted by Gasteiger charge is -2.27. The first-order chi connectivity index (χ1) is 12.3. The molecule has 7 heteroatoms. The molecule has 6 nitrogen and oxygen atoms in total. The highest BCUT2D eigenvalue weighted by Gasteiger charge is 2.36. The summed E-state index contributed by atoms with van der Waals surface area (Å²) in [5, 5.41) is 9.57. The van der Waals surface area contributed by atoms with E-state index >= 15 is 0 Å². The lowest BCUT2D eigenvalue weighted by atomic mass is 9.83. The highest BCUT2D eigenvalue weighted by molar-refractivity contribution is 9.10. The number of ether oxygens (including phenoxy) is 3. The molecular weight excluding hydrogens is 400 g/mol. The summed E-state index contributed by atoms with van der Waals surface area (Å²) in [4.78, 5) is 12.5. The molecule has 0 saturated heterocycles. The summed E-state index contributed by atoms with van der Waals surface area (Å²) in [6.45, 7) is 7.43. The van der Waals surface area contributed by atoms with Crippen LogP contribution in [0, 0.1) is 11.3 Å². The summed E-state index contributed by atoms with van der Waals surface area (Å²) in [6, 6.07) is 7.46. The maximum absolute atomic E-state index is 12.5. The van der Waals surface area contributed by atoms with Crippen molar-refractivity contribution in [3.05, 3.63) is 51.0 Å². The van der Waals surface area contributed by atoms with Crippen LogP contribution in [0.25, 0.3) is 0 Å². The van der Waals surface area contributed by atoms with Crippen molar-refractivity contribution in [3.8, 4) is 11.8 Å². The molecule has 0 fully saturated rings. The van der Waals surface area contributed by atoms with Crippen molar-refractivity contribution >= 4 is 21.9 Å². The normalized spacial score (nSPS) is 17.0. The Morgan fingerprint density at radius 1 is 1.46 bits per heavy atom. The Morgan fingerprint density at radius 3 is 2.69 bits per heavy atom. The summed E-state index contributed by atoms with van der Waals surface area (Å²) in [6.07, 6.45) is 0.0164. The van der Waals surface area contributed by atoms with Gasteiger partial charge in [0.05, 0.1) is 28.7 Å². The number of nitrogens with two attached hydrogens (primary N) is 1. The van der Waals surface area contributed by atoms with Gasteiger partial charge < -0.3 is 19.9 Å². The molecule has 0 saturated carbocycles. The van der Waals surface area contributed by atoms with Crippen molar-refractivity contribution in [1.82, 2.24) is 0 Å². The third-order valence-electron chi connectivity index (χ3n) is 3.75. The van der Waals surface area contributed by atoms with Crippen LogP contribution in [0.1, 0.15) is 39.2 Å². The number of halogens is 1. The molecule has 0 aliphatic carbocycles. The summed E-state index contributed by atoms with van der Waals surface area (Å²) >= 11 is 3.48. The molecule has 1 aromatic rings. The summed E-state index contributed by atoms with van der Waals surface area (Å²) < 4.78 is 17.0. The van der Waals surface area contributed by atoms with E-state index < -0.39 is 11.9 Å². The van der Waals surface area contributed by atoms with Gasteiger partial charge in [0.2, 0.25) is 5.88 Å². The van der Waals surface area contributed by atoms with E-state index in [-0.39, 0.29) is 29.7 Å². The van der Waals surface area contributed by atoms with Crippen molar-refractivity contribution in [2.24, 2.45) is 5.73 Å². The molecule has 2 N–H and O–H groups in total. The molecule has 1 aliphatic rings. The Balaban J connectivity index is 2.57. The fourth-order valence-corrected chi connectivity index (χ4v) is 3.22. The summed E-state index contributed by atoms with van der Waals surface area (Å²) in [5.41, 5.74) is 7.03. The van der Waals surface area contributed by atoms with E-state index in [0.29, 0.717) is 21.5 Å². The number of rotatable bonds is 5. The molecular formula is C19H21BrN2O4. The zero-order chi connectivity index (χ0) is 19.4. The first-order valence-corrected chi connectivity index (χ1v) is 9.01. The molecule has 0 radical (unpaired) electrons. The molecule has 0 amide bonds. The van der Waals surface area contributed by atoms with Crippen LogP contribution in [0.15, 0.2) is 45.5 Å². The molecule has 2 rings (SSSR count). The molecule has 138 valence electrons. The molecule has 1 unspecified atom stereocenters. The highest BCUT2D eigenvalue weighted by atomic mass is 79.9.